The van der Waals surface area contributed by atoms with Crippen LogP contribution in [-0.4, -0.2) is 72.2 Å². The number of likely N-dealkylation sites (tertiary alicyclic amines) is 2. The highest BCUT2D eigenvalue weighted by atomic mass is 19.3. The Bertz CT molecular complexity index is 485. The van der Waals surface area contributed by atoms with Crippen LogP contribution < -0.4 is 0 Å². The molecule has 1 amide bonds. The summed E-state index contributed by atoms with van der Waals surface area (Å²) in [7, 11) is 1.21. The Morgan fingerprint density at radius 3 is 2.25 bits per heavy atom. The van der Waals surface area contributed by atoms with E-state index in [1.807, 2.05) is 0 Å². The van der Waals surface area contributed by atoms with Gasteiger partial charge in [-0.05, 0) is 33.6 Å². The highest BCUT2D eigenvalue weighted by Gasteiger charge is 2.51. The molecule has 138 valence electrons. The molecule has 0 aromatic carbocycles. The molecule has 0 spiro atoms. The van der Waals surface area contributed by atoms with Gasteiger partial charge in [0.25, 0.3) is 5.92 Å². The summed E-state index contributed by atoms with van der Waals surface area (Å²) in [5.74, 6) is -3.51. The maximum Gasteiger partial charge on any atom is 0.410 e. The third kappa shape index (κ3) is 4.55. The molecular formula is C16H26F2N2O4. The van der Waals surface area contributed by atoms with Crippen molar-refractivity contribution in [2.75, 3.05) is 26.7 Å². The zero-order valence-electron chi connectivity index (χ0n) is 14.7. The van der Waals surface area contributed by atoms with Crippen LogP contribution in [0.1, 0.15) is 40.0 Å². The Balaban J connectivity index is 1.95. The van der Waals surface area contributed by atoms with Crippen LogP contribution in [0.25, 0.3) is 0 Å². The Morgan fingerprint density at radius 1 is 1.17 bits per heavy atom. The van der Waals surface area contributed by atoms with E-state index in [2.05, 4.69) is 4.74 Å². The van der Waals surface area contributed by atoms with E-state index in [1.165, 1.54) is 12.0 Å². The summed E-state index contributed by atoms with van der Waals surface area (Å²) in [6.07, 6.45) is 0.162. The molecule has 24 heavy (non-hydrogen) atoms. The lowest BCUT2D eigenvalue weighted by molar-refractivity contribution is -0.147. The molecule has 2 aliphatic rings. The van der Waals surface area contributed by atoms with Gasteiger partial charge in [0.2, 0.25) is 0 Å². The largest absolute Gasteiger partial charge is 0.468 e. The number of hydrogen-bond acceptors (Lipinski definition) is 5. The second-order valence-electron chi connectivity index (χ2n) is 7.47. The molecule has 2 fully saturated rings. The van der Waals surface area contributed by atoms with E-state index in [0.717, 1.165) is 0 Å². The molecule has 0 radical (unpaired) electrons. The second kappa shape index (κ2) is 6.82. The Kier molecular flexibility index (Phi) is 5.37. The van der Waals surface area contributed by atoms with Crippen molar-refractivity contribution in [3.63, 3.8) is 0 Å². The van der Waals surface area contributed by atoms with Gasteiger partial charge in [-0.15, -0.1) is 0 Å². The summed E-state index contributed by atoms with van der Waals surface area (Å²) in [5.41, 5.74) is -0.569. The fraction of sp³-hybridized carbons (Fsp3) is 0.875. The van der Waals surface area contributed by atoms with Crippen LogP contribution >= 0.6 is 0 Å². The standard InChI is InChI=1S/C16H26F2N2O4/c1-15(2,3)24-14(22)19-7-5-11(6-8-19)20-10-16(17,18)9-12(20)13(21)23-4/h11-12H,5-10H2,1-4H3/t12-/m1/s1. The van der Waals surface area contributed by atoms with Crippen LogP contribution in [0.15, 0.2) is 0 Å². The summed E-state index contributed by atoms with van der Waals surface area (Å²) < 4.78 is 37.5. The number of carbonyl (C=O) groups is 2. The SMILES string of the molecule is COC(=O)[C@H]1CC(F)(F)CN1C1CCN(C(=O)OC(C)(C)C)CC1. The molecule has 0 unspecified atom stereocenters. The van der Waals surface area contributed by atoms with Crippen molar-refractivity contribution in [1.82, 2.24) is 9.80 Å². The number of alkyl halides is 2. The number of piperidine rings is 1. The van der Waals surface area contributed by atoms with E-state index in [9.17, 15) is 18.4 Å². The molecule has 0 aromatic heterocycles. The monoisotopic (exact) mass is 348 g/mol. The predicted octanol–water partition coefficient (Wildman–Crippen LogP) is 2.27. The highest BCUT2D eigenvalue weighted by molar-refractivity contribution is 5.76. The van der Waals surface area contributed by atoms with Crippen LogP contribution in [0, 0.1) is 0 Å². The summed E-state index contributed by atoms with van der Waals surface area (Å²) >= 11 is 0. The molecule has 8 heteroatoms. The van der Waals surface area contributed by atoms with E-state index in [0.29, 0.717) is 25.9 Å². The number of nitrogens with zero attached hydrogens (tertiary/aromatic N) is 2. The molecule has 0 aliphatic carbocycles. The molecule has 2 heterocycles. The topological polar surface area (TPSA) is 59.1 Å². The smallest absolute Gasteiger partial charge is 0.410 e. The van der Waals surface area contributed by atoms with Crippen LogP contribution in [0.3, 0.4) is 0 Å². The number of carbonyl (C=O) groups excluding carboxylic acids is 2. The van der Waals surface area contributed by atoms with E-state index >= 15 is 0 Å². The minimum Gasteiger partial charge on any atom is -0.468 e. The lowest BCUT2D eigenvalue weighted by Crippen LogP contribution is -2.51. The number of amides is 1. The van der Waals surface area contributed by atoms with Crippen LogP contribution in [-0.2, 0) is 14.3 Å². The summed E-state index contributed by atoms with van der Waals surface area (Å²) in [6, 6.07) is -1.08. The van der Waals surface area contributed by atoms with Crippen molar-refractivity contribution in [2.24, 2.45) is 0 Å². The quantitative estimate of drug-likeness (QED) is 0.717. The maximum atomic E-state index is 13.8. The average Bonchev–Trinajstić information content (AvgIpc) is 2.81. The third-order valence-corrected chi connectivity index (χ3v) is 4.36. The lowest BCUT2D eigenvalue weighted by atomic mass is 10.0. The van der Waals surface area contributed by atoms with Gasteiger partial charge in [-0.2, -0.15) is 0 Å². The van der Waals surface area contributed by atoms with Gasteiger partial charge in [0.15, 0.2) is 0 Å². The average molecular weight is 348 g/mol. The van der Waals surface area contributed by atoms with Crippen molar-refractivity contribution in [1.29, 1.82) is 0 Å². The number of rotatable bonds is 2. The van der Waals surface area contributed by atoms with E-state index < -0.39 is 42.6 Å². The first-order valence-electron chi connectivity index (χ1n) is 8.22. The Morgan fingerprint density at radius 2 is 1.75 bits per heavy atom. The number of ether oxygens (including phenoxy) is 2. The summed E-state index contributed by atoms with van der Waals surface area (Å²) in [6.45, 7) is 5.80. The zero-order valence-corrected chi connectivity index (χ0v) is 14.7. The van der Waals surface area contributed by atoms with Crippen LogP contribution in [0.4, 0.5) is 13.6 Å². The number of esters is 1. The first kappa shape index (κ1) is 18.9. The normalized spacial score (nSPS) is 25.6. The van der Waals surface area contributed by atoms with Crippen molar-refractivity contribution in [2.45, 2.75) is 63.6 Å². The molecule has 0 N–H and O–H groups in total. The van der Waals surface area contributed by atoms with Gasteiger partial charge in [0.05, 0.1) is 13.7 Å². The zero-order chi connectivity index (χ0) is 18.1. The molecular weight excluding hydrogens is 322 g/mol. The first-order valence-corrected chi connectivity index (χ1v) is 8.22. The van der Waals surface area contributed by atoms with Crippen molar-refractivity contribution in [3.8, 4) is 0 Å². The van der Waals surface area contributed by atoms with Crippen molar-refractivity contribution >= 4 is 12.1 Å². The molecule has 0 bridgehead atoms. The maximum absolute atomic E-state index is 13.8. The fourth-order valence-electron chi connectivity index (χ4n) is 3.29. The van der Waals surface area contributed by atoms with Gasteiger partial charge in [0.1, 0.15) is 11.6 Å². The van der Waals surface area contributed by atoms with Gasteiger partial charge in [-0.3, -0.25) is 9.69 Å². The van der Waals surface area contributed by atoms with E-state index in [1.54, 1.807) is 25.7 Å². The molecule has 6 nitrogen and oxygen atoms in total. The molecule has 2 rings (SSSR count). The lowest BCUT2D eigenvalue weighted by Gasteiger charge is -2.38. The Labute approximate surface area is 141 Å². The predicted molar refractivity (Wildman–Crippen MR) is 82.9 cm³/mol. The molecule has 0 saturated carbocycles. The van der Waals surface area contributed by atoms with E-state index in [4.69, 9.17) is 4.74 Å². The molecule has 0 aromatic rings. The minimum absolute atomic E-state index is 0.166. The second-order valence-corrected chi connectivity index (χ2v) is 7.47. The number of hydrogen-bond donors (Lipinski definition) is 0. The molecule has 2 aliphatic heterocycles. The summed E-state index contributed by atoms with van der Waals surface area (Å²) in [5, 5.41) is 0. The van der Waals surface area contributed by atoms with Crippen LogP contribution in [0.5, 0.6) is 0 Å². The number of methoxy groups -OCH3 is 1. The molecule has 1 atom stereocenters. The van der Waals surface area contributed by atoms with Gasteiger partial charge >= 0.3 is 12.1 Å². The van der Waals surface area contributed by atoms with Gasteiger partial charge in [-0.1, -0.05) is 0 Å². The van der Waals surface area contributed by atoms with E-state index in [-0.39, 0.29) is 6.04 Å². The van der Waals surface area contributed by atoms with Crippen molar-refractivity contribution in [3.05, 3.63) is 0 Å². The van der Waals surface area contributed by atoms with Gasteiger partial charge in [-0.25, -0.2) is 13.6 Å². The Hall–Kier alpha value is -1.44. The van der Waals surface area contributed by atoms with Crippen molar-refractivity contribution < 1.29 is 27.8 Å². The van der Waals surface area contributed by atoms with Gasteiger partial charge < -0.3 is 14.4 Å². The number of halogens is 2. The first-order chi connectivity index (χ1) is 11.0. The highest BCUT2D eigenvalue weighted by Crippen LogP contribution is 2.36. The third-order valence-electron chi connectivity index (χ3n) is 4.36. The van der Waals surface area contributed by atoms with Gasteiger partial charge in [0, 0.05) is 25.6 Å². The molecule has 2 saturated heterocycles. The fourth-order valence-corrected chi connectivity index (χ4v) is 3.29. The summed E-state index contributed by atoms with van der Waals surface area (Å²) in [4.78, 5) is 27.0. The van der Waals surface area contributed by atoms with Crippen LogP contribution in [0.2, 0.25) is 0 Å². The minimum atomic E-state index is -2.89.